The van der Waals surface area contributed by atoms with E-state index in [1.54, 1.807) is 0 Å². The molecule has 122 valence electrons. The Morgan fingerprint density at radius 2 is 1.52 bits per heavy atom. The van der Waals surface area contributed by atoms with E-state index in [0.717, 1.165) is 24.3 Å². The fourth-order valence-electron chi connectivity index (χ4n) is 1.97. The molecule has 0 aliphatic heterocycles. The van der Waals surface area contributed by atoms with Gasteiger partial charge in [-0.25, -0.2) is 0 Å². The van der Waals surface area contributed by atoms with Crippen molar-refractivity contribution in [1.82, 2.24) is 0 Å². The lowest BCUT2D eigenvalue weighted by atomic mass is 10.0. The van der Waals surface area contributed by atoms with Crippen molar-refractivity contribution in [3.8, 4) is 16.9 Å². The molecular weight excluding hydrogens is 322 g/mol. The van der Waals surface area contributed by atoms with Gasteiger partial charge in [-0.1, -0.05) is 36.9 Å². The van der Waals surface area contributed by atoms with Crippen LogP contribution < -0.4 is 4.74 Å². The average molecular weight is 332 g/mol. The van der Waals surface area contributed by atoms with Crippen molar-refractivity contribution >= 4 is 6.08 Å². The van der Waals surface area contributed by atoms with Crippen molar-refractivity contribution in [1.29, 1.82) is 0 Å². The number of hydrogen-bond acceptors (Lipinski definition) is 1. The maximum Gasteiger partial charge on any atom is 0.573 e. The third-order valence-corrected chi connectivity index (χ3v) is 2.98. The molecule has 0 unspecified atom stereocenters. The summed E-state index contributed by atoms with van der Waals surface area (Å²) in [5.74, 6) is -0.526. The topological polar surface area (TPSA) is 9.23 Å². The van der Waals surface area contributed by atoms with Crippen LogP contribution in [0.3, 0.4) is 0 Å². The zero-order valence-electron chi connectivity index (χ0n) is 11.5. The number of rotatable bonds is 3. The fraction of sp³-hybridized carbons (Fsp3) is 0.125. The molecule has 0 atom stereocenters. The van der Waals surface area contributed by atoms with Crippen LogP contribution in [0.5, 0.6) is 5.75 Å². The molecule has 0 aliphatic carbocycles. The van der Waals surface area contributed by atoms with Crippen molar-refractivity contribution in [2.75, 3.05) is 0 Å². The minimum Gasteiger partial charge on any atom is -0.405 e. The molecule has 0 N–H and O–H groups in total. The quantitative estimate of drug-likeness (QED) is 0.635. The summed E-state index contributed by atoms with van der Waals surface area (Å²) in [6.45, 7) is 3.37. The predicted octanol–water partition coefficient (Wildman–Crippen LogP) is 5.91. The molecule has 0 aromatic heterocycles. The van der Waals surface area contributed by atoms with E-state index in [2.05, 4.69) is 11.3 Å². The fourth-order valence-corrected chi connectivity index (χ4v) is 1.97. The van der Waals surface area contributed by atoms with Gasteiger partial charge in [-0.05, 0) is 29.3 Å². The van der Waals surface area contributed by atoms with Crippen molar-refractivity contribution in [3.05, 3.63) is 60.2 Å². The Labute approximate surface area is 127 Å². The molecule has 0 saturated carbocycles. The van der Waals surface area contributed by atoms with Gasteiger partial charge >= 0.3 is 12.5 Å². The summed E-state index contributed by atoms with van der Waals surface area (Å²) in [6.07, 6.45) is -8.29. The molecule has 2 rings (SSSR count). The maximum absolute atomic E-state index is 12.7. The van der Waals surface area contributed by atoms with Crippen LogP contribution in [0.4, 0.5) is 26.3 Å². The zero-order valence-corrected chi connectivity index (χ0v) is 11.5. The molecular formula is C16H10F6O. The maximum atomic E-state index is 12.7. The number of hydrogen-bond donors (Lipinski definition) is 0. The highest BCUT2D eigenvalue weighted by atomic mass is 19.4. The van der Waals surface area contributed by atoms with Crippen LogP contribution in [0.15, 0.2) is 49.0 Å². The summed E-state index contributed by atoms with van der Waals surface area (Å²) in [7, 11) is 0. The van der Waals surface area contributed by atoms with E-state index in [0.29, 0.717) is 0 Å². The Morgan fingerprint density at radius 3 is 2.09 bits per heavy atom. The second kappa shape index (κ2) is 5.98. The van der Waals surface area contributed by atoms with Gasteiger partial charge < -0.3 is 4.74 Å². The van der Waals surface area contributed by atoms with Crippen LogP contribution >= 0.6 is 0 Å². The van der Waals surface area contributed by atoms with E-state index < -0.39 is 23.9 Å². The molecule has 0 amide bonds. The molecule has 23 heavy (non-hydrogen) atoms. The van der Waals surface area contributed by atoms with Crippen molar-refractivity contribution < 1.29 is 31.1 Å². The van der Waals surface area contributed by atoms with Gasteiger partial charge in [-0.2, -0.15) is 13.2 Å². The highest BCUT2D eigenvalue weighted by Gasteiger charge is 2.32. The van der Waals surface area contributed by atoms with Crippen LogP contribution in [-0.2, 0) is 6.18 Å². The van der Waals surface area contributed by atoms with E-state index in [-0.39, 0.29) is 16.7 Å². The summed E-state index contributed by atoms with van der Waals surface area (Å²) in [4.78, 5) is 0. The van der Waals surface area contributed by atoms with Gasteiger partial charge in [0.25, 0.3) is 0 Å². The Bertz CT molecular complexity index is 715. The lowest BCUT2D eigenvalue weighted by Crippen LogP contribution is -2.17. The van der Waals surface area contributed by atoms with Gasteiger partial charge in [0.1, 0.15) is 5.75 Å². The van der Waals surface area contributed by atoms with E-state index >= 15 is 0 Å². The monoisotopic (exact) mass is 332 g/mol. The second-order valence-electron chi connectivity index (χ2n) is 4.58. The lowest BCUT2D eigenvalue weighted by Gasteiger charge is -2.14. The highest BCUT2D eigenvalue weighted by molar-refractivity contribution is 5.70. The molecule has 2 aromatic carbocycles. The van der Waals surface area contributed by atoms with Gasteiger partial charge in [0.2, 0.25) is 0 Å². The first kappa shape index (κ1) is 16.9. The first-order valence-electron chi connectivity index (χ1n) is 6.30. The largest absolute Gasteiger partial charge is 0.573 e. The smallest absolute Gasteiger partial charge is 0.405 e. The molecule has 0 fully saturated rings. The van der Waals surface area contributed by atoms with Gasteiger partial charge in [0, 0.05) is 5.56 Å². The predicted molar refractivity (Wildman–Crippen MR) is 73.7 cm³/mol. The summed E-state index contributed by atoms with van der Waals surface area (Å²) >= 11 is 0. The average Bonchev–Trinajstić information content (AvgIpc) is 2.45. The molecule has 0 bridgehead atoms. The SMILES string of the molecule is C=Cc1ccc(-c2cccc(C(F)(F)F)c2)cc1OC(F)(F)F. The lowest BCUT2D eigenvalue weighted by molar-refractivity contribution is -0.274. The molecule has 0 aliphatic rings. The van der Waals surface area contributed by atoms with E-state index in [1.807, 2.05) is 0 Å². The molecule has 0 saturated heterocycles. The number of benzene rings is 2. The van der Waals surface area contributed by atoms with Crippen LogP contribution in [0.1, 0.15) is 11.1 Å². The minimum atomic E-state index is -4.91. The molecule has 0 heterocycles. The standard InChI is InChI=1S/C16H10F6O/c1-2-10-6-7-12(9-14(10)23-16(20,21)22)11-4-3-5-13(8-11)15(17,18)19/h2-9H,1H2. The Hall–Kier alpha value is -2.44. The molecule has 0 spiro atoms. The molecule has 0 radical (unpaired) electrons. The minimum absolute atomic E-state index is 0.0815. The highest BCUT2D eigenvalue weighted by Crippen LogP contribution is 2.35. The van der Waals surface area contributed by atoms with E-state index in [4.69, 9.17) is 0 Å². The number of halogens is 6. The molecule has 7 heteroatoms. The van der Waals surface area contributed by atoms with Crippen LogP contribution in [0.2, 0.25) is 0 Å². The summed E-state index contributed by atoms with van der Waals surface area (Å²) in [6, 6.07) is 8.02. The molecule has 1 nitrogen and oxygen atoms in total. The normalized spacial score (nSPS) is 12.1. The van der Waals surface area contributed by atoms with Crippen LogP contribution in [-0.4, -0.2) is 6.36 Å². The Kier molecular flexibility index (Phi) is 4.40. The number of alkyl halides is 6. The van der Waals surface area contributed by atoms with Crippen molar-refractivity contribution in [2.45, 2.75) is 12.5 Å². The third kappa shape index (κ3) is 4.28. The Morgan fingerprint density at radius 1 is 0.870 bits per heavy atom. The van der Waals surface area contributed by atoms with Crippen molar-refractivity contribution in [2.24, 2.45) is 0 Å². The van der Waals surface area contributed by atoms with E-state index in [9.17, 15) is 26.3 Å². The van der Waals surface area contributed by atoms with Gasteiger partial charge in [-0.3, -0.25) is 0 Å². The first-order chi connectivity index (χ1) is 10.6. The summed E-state index contributed by atoms with van der Waals surface area (Å²) in [5.41, 5.74) is -0.512. The first-order valence-corrected chi connectivity index (χ1v) is 6.30. The summed E-state index contributed by atoms with van der Waals surface area (Å²) < 4.78 is 79.3. The van der Waals surface area contributed by atoms with E-state index in [1.165, 1.54) is 24.3 Å². The van der Waals surface area contributed by atoms with Crippen LogP contribution in [0.25, 0.3) is 17.2 Å². The van der Waals surface area contributed by atoms with Gasteiger partial charge in [0.15, 0.2) is 0 Å². The Balaban J connectivity index is 2.48. The van der Waals surface area contributed by atoms with Crippen LogP contribution in [0, 0.1) is 0 Å². The third-order valence-electron chi connectivity index (χ3n) is 2.98. The summed E-state index contributed by atoms with van der Waals surface area (Å²) in [5, 5.41) is 0. The van der Waals surface area contributed by atoms with Gasteiger partial charge in [0.05, 0.1) is 5.56 Å². The van der Waals surface area contributed by atoms with Crippen molar-refractivity contribution in [3.63, 3.8) is 0 Å². The molecule has 2 aromatic rings. The van der Waals surface area contributed by atoms with Gasteiger partial charge in [-0.15, -0.1) is 13.2 Å². The zero-order chi connectivity index (χ0) is 17.3. The second-order valence-corrected chi connectivity index (χ2v) is 4.58. The number of ether oxygens (including phenoxy) is 1.